The number of benzene rings is 2. The molecule has 7 nitrogen and oxygen atoms in total. The summed E-state index contributed by atoms with van der Waals surface area (Å²) in [6.45, 7) is 7.68. The first-order valence-electron chi connectivity index (χ1n) is 9.67. The number of carbonyl (C=O) groups is 1. The smallest absolute Gasteiger partial charge is 0.256 e. The molecule has 3 aromatic rings. The SMILES string of the molecule is Cc1cccc(Cn2nccc2NC(=O)c2ccc(Cl)c(S(=O)(=O)NC(C)(C)C)c2)c1. The zero-order valence-corrected chi connectivity index (χ0v) is 19.4. The van der Waals surface area contributed by atoms with E-state index in [4.69, 9.17) is 11.6 Å². The molecule has 0 aliphatic rings. The molecule has 0 fully saturated rings. The molecule has 0 unspecified atom stereocenters. The van der Waals surface area contributed by atoms with Gasteiger partial charge in [0.1, 0.15) is 10.7 Å². The Morgan fingerprint density at radius 2 is 1.87 bits per heavy atom. The van der Waals surface area contributed by atoms with Crippen LogP contribution in [-0.2, 0) is 16.6 Å². The summed E-state index contributed by atoms with van der Waals surface area (Å²) < 4.78 is 29.6. The van der Waals surface area contributed by atoms with E-state index in [0.29, 0.717) is 12.4 Å². The molecule has 0 saturated heterocycles. The van der Waals surface area contributed by atoms with Gasteiger partial charge in [-0.3, -0.25) is 4.79 Å². The van der Waals surface area contributed by atoms with Crippen molar-refractivity contribution in [1.82, 2.24) is 14.5 Å². The lowest BCUT2D eigenvalue weighted by Gasteiger charge is -2.21. The third-order valence-electron chi connectivity index (χ3n) is 4.30. The minimum absolute atomic E-state index is 0.0396. The number of anilines is 1. The standard InChI is InChI=1S/C22H25ClN4O3S/c1-15-6-5-7-16(12-15)14-27-20(10-11-24-27)25-21(28)17-8-9-18(23)19(13-17)31(29,30)26-22(2,3)4/h5-13,26H,14H2,1-4H3,(H,25,28). The summed E-state index contributed by atoms with van der Waals surface area (Å²) in [5.74, 6) is 0.0357. The van der Waals surface area contributed by atoms with Crippen LogP contribution in [0.2, 0.25) is 5.02 Å². The van der Waals surface area contributed by atoms with E-state index < -0.39 is 21.5 Å². The third kappa shape index (κ3) is 5.94. The lowest BCUT2D eigenvalue weighted by molar-refractivity contribution is 0.102. The molecule has 0 atom stereocenters. The highest BCUT2D eigenvalue weighted by Gasteiger charge is 2.25. The van der Waals surface area contributed by atoms with E-state index in [1.165, 1.54) is 18.2 Å². The number of hydrogen-bond donors (Lipinski definition) is 2. The van der Waals surface area contributed by atoms with Gasteiger partial charge in [-0.25, -0.2) is 17.8 Å². The van der Waals surface area contributed by atoms with E-state index in [0.717, 1.165) is 11.1 Å². The van der Waals surface area contributed by atoms with E-state index in [9.17, 15) is 13.2 Å². The molecule has 0 bridgehead atoms. The van der Waals surface area contributed by atoms with E-state index in [1.807, 2.05) is 31.2 Å². The fourth-order valence-corrected chi connectivity index (χ4v) is 4.99. The predicted octanol–water partition coefficient (Wildman–Crippen LogP) is 4.22. The van der Waals surface area contributed by atoms with Crippen LogP contribution in [0.4, 0.5) is 5.82 Å². The maximum absolute atomic E-state index is 12.8. The molecule has 1 amide bonds. The summed E-state index contributed by atoms with van der Waals surface area (Å²) in [5, 5.41) is 7.10. The highest BCUT2D eigenvalue weighted by Crippen LogP contribution is 2.24. The van der Waals surface area contributed by atoms with Crippen LogP contribution in [0.3, 0.4) is 0 Å². The van der Waals surface area contributed by atoms with Crippen LogP contribution in [0.5, 0.6) is 0 Å². The average Bonchev–Trinajstić information content (AvgIpc) is 3.06. The van der Waals surface area contributed by atoms with E-state index >= 15 is 0 Å². The van der Waals surface area contributed by atoms with Crippen molar-refractivity contribution in [3.63, 3.8) is 0 Å². The summed E-state index contributed by atoms with van der Waals surface area (Å²) in [6, 6.07) is 13.8. The molecule has 9 heteroatoms. The third-order valence-corrected chi connectivity index (χ3v) is 6.54. The van der Waals surface area contributed by atoms with Crippen molar-refractivity contribution in [2.45, 2.75) is 44.7 Å². The number of hydrogen-bond acceptors (Lipinski definition) is 4. The zero-order valence-electron chi connectivity index (χ0n) is 17.8. The van der Waals surface area contributed by atoms with Crippen LogP contribution >= 0.6 is 11.6 Å². The van der Waals surface area contributed by atoms with Gasteiger partial charge in [0.2, 0.25) is 10.0 Å². The largest absolute Gasteiger partial charge is 0.307 e. The predicted molar refractivity (Wildman–Crippen MR) is 122 cm³/mol. The van der Waals surface area contributed by atoms with Crippen molar-refractivity contribution in [1.29, 1.82) is 0 Å². The van der Waals surface area contributed by atoms with Crippen molar-refractivity contribution in [2.75, 3.05) is 5.32 Å². The van der Waals surface area contributed by atoms with Crippen molar-refractivity contribution in [3.05, 3.63) is 76.4 Å². The second kappa shape index (κ2) is 8.82. The van der Waals surface area contributed by atoms with Gasteiger partial charge < -0.3 is 5.32 Å². The van der Waals surface area contributed by atoms with Gasteiger partial charge in [0.15, 0.2) is 0 Å². The Kier molecular flexibility index (Phi) is 6.54. The van der Waals surface area contributed by atoms with Gasteiger partial charge in [0.25, 0.3) is 5.91 Å². The average molecular weight is 461 g/mol. The number of nitrogens with zero attached hydrogens (tertiary/aromatic N) is 2. The van der Waals surface area contributed by atoms with Crippen LogP contribution in [0.1, 0.15) is 42.3 Å². The van der Waals surface area contributed by atoms with Gasteiger partial charge in [0.05, 0.1) is 17.8 Å². The van der Waals surface area contributed by atoms with Crippen molar-refractivity contribution in [3.8, 4) is 0 Å². The van der Waals surface area contributed by atoms with Crippen LogP contribution in [0.15, 0.2) is 59.6 Å². The van der Waals surface area contributed by atoms with E-state index in [2.05, 4.69) is 15.1 Å². The van der Waals surface area contributed by atoms with Gasteiger partial charge in [-0.15, -0.1) is 0 Å². The number of halogens is 1. The molecule has 0 aliphatic carbocycles. The Morgan fingerprint density at radius 1 is 1.13 bits per heavy atom. The quantitative estimate of drug-likeness (QED) is 0.575. The minimum Gasteiger partial charge on any atom is -0.307 e. The van der Waals surface area contributed by atoms with E-state index in [-0.39, 0.29) is 15.5 Å². The van der Waals surface area contributed by atoms with Crippen LogP contribution < -0.4 is 10.0 Å². The lowest BCUT2D eigenvalue weighted by atomic mass is 10.1. The summed E-state index contributed by atoms with van der Waals surface area (Å²) in [6.07, 6.45) is 1.59. The first kappa shape index (κ1) is 23.0. The first-order valence-corrected chi connectivity index (χ1v) is 11.5. The first-order chi connectivity index (χ1) is 14.4. The number of carbonyl (C=O) groups excluding carboxylic acids is 1. The summed E-state index contributed by atoms with van der Waals surface area (Å²) in [5.41, 5.74) is 1.66. The van der Waals surface area contributed by atoms with Crippen LogP contribution in [0, 0.1) is 6.92 Å². The number of aryl methyl sites for hydroxylation is 1. The molecule has 2 aromatic carbocycles. The molecule has 1 aromatic heterocycles. The molecule has 0 aliphatic heterocycles. The zero-order chi connectivity index (χ0) is 22.8. The Bertz CT molecular complexity index is 1210. The van der Waals surface area contributed by atoms with Gasteiger partial charge >= 0.3 is 0 Å². The monoisotopic (exact) mass is 460 g/mol. The minimum atomic E-state index is -3.90. The molecule has 164 valence electrons. The molecular weight excluding hydrogens is 436 g/mol. The van der Waals surface area contributed by atoms with E-state index in [1.54, 1.807) is 37.7 Å². The number of aromatic nitrogens is 2. The second-order valence-corrected chi connectivity index (χ2v) is 10.4. The number of rotatable bonds is 6. The summed E-state index contributed by atoms with van der Waals surface area (Å²) >= 11 is 6.12. The van der Waals surface area contributed by atoms with Gasteiger partial charge in [0, 0.05) is 17.2 Å². The number of nitrogens with one attached hydrogen (secondary N) is 2. The summed E-state index contributed by atoms with van der Waals surface area (Å²) in [4.78, 5) is 12.7. The molecule has 0 radical (unpaired) electrons. The fraction of sp³-hybridized carbons (Fsp3) is 0.273. The molecule has 0 saturated carbocycles. The topological polar surface area (TPSA) is 93.1 Å². The highest BCUT2D eigenvalue weighted by molar-refractivity contribution is 7.89. The molecule has 2 N–H and O–H groups in total. The fourth-order valence-electron chi connectivity index (χ4n) is 3.05. The molecule has 31 heavy (non-hydrogen) atoms. The Balaban J connectivity index is 1.83. The Morgan fingerprint density at radius 3 is 2.55 bits per heavy atom. The highest BCUT2D eigenvalue weighted by atomic mass is 35.5. The number of sulfonamides is 1. The molecule has 1 heterocycles. The summed E-state index contributed by atoms with van der Waals surface area (Å²) in [7, 11) is -3.90. The van der Waals surface area contributed by atoms with Crippen molar-refractivity contribution >= 4 is 33.3 Å². The number of amides is 1. The Labute approximate surface area is 187 Å². The maximum atomic E-state index is 12.8. The van der Waals surface area contributed by atoms with Gasteiger partial charge in [-0.2, -0.15) is 5.10 Å². The second-order valence-electron chi connectivity index (χ2n) is 8.32. The van der Waals surface area contributed by atoms with Gasteiger partial charge in [-0.05, 0) is 51.5 Å². The van der Waals surface area contributed by atoms with Crippen LogP contribution in [0.25, 0.3) is 0 Å². The van der Waals surface area contributed by atoms with Gasteiger partial charge in [-0.1, -0.05) is 41.4 Å². The van der Waals surface area contributed by atoms with Crippen molar-refractivity contribution in [2.24, 2.45) is 0 Å². The molecule has 0 spiro atoms. The molecule has 3 rings (SSSR count). The lowest BCUT2D eigenvalue weighted by Crippen LogP contribution is -2.40. The molecular formula is C22H25ClN4O3S. The van der Waals surface area contributed by atoms with Crippen molar-refractivity contribution < 1.29 is 13.2 Å². The normalized spacial score (nSPS) is 12.0. The maximum Gasteiger partial charge on any atom is 0.256 e. The van der Waals surface area contributed by atoms with Crippen LogP contribution in [-0.4, -0.2) is 29.6 Å². The Hall–Kier alpha value is -2.68.